The Bertz CT molecular complexity index is 1060. The van der Waals surface area contributed by atoms with Gasteiger partial charge in [0, 0.05) is 39.1 Å². The molecule has 0 radical (unpaired) electrons. The third-order valence-electron chi connectivity index (χ3n) is 7.14. The molecule has 0 saturated carbocycles. The molecule has 34 heavy (non-hydrogen) atoms. The second kappa shape index (κ2) is 8.36. The fourth-order valence-corrected chi connectivity index (χ4v) is 5.39. The number of carbonyl (C=O) groups excluding carboxylic acids is 4. The van der Waals surface area contributed by atoms with Crippen LogP contribution in [0.2, 0.25) is 0 Å². The molecule has 4 aliphatic heterocycles. The lowest BCUT2D eigenvalue weighted by Gasteiger charge is -2.46. The maximum Gasteiger partial charge on any atom is 0.280 e. The number of nitrogens with two attached hydrogens (primary N) is 1. The van der Waals surface area contributed by atoms with Gasteiger partial charge in [0.1, 0.15) is 6.04 Å². The summed E-state index contributed by atoms with van der Waals surface area (Å²) in [7, 11) is 0. The van der Waals surface area contributed by atoms with Crippen LogP contribution in [0.5, 0.6) is 0 Å². The SMILES string of the molecule is NN1CCN(C2CCN(c3cccc4c3C(=O)N(C3CCC(=O)NC3=O)C4=O)CC2(F)F)CC1. The van der Waals surface area contributed by atoms with Gasteiger partial charge in [-0.25, -0.2) is 13.8 Å². The van der Waals surface area contributed by atoms with E-state index in [-0.39, 0.29) is 36.1 Å². The molecule has 0 bridgehead atoms. The molecule has 0 aromatic heterocycles. The molecule has 1 aromatic rings. The number of nitrogens with zero attached hydrogens (tertiary/aromatic N) is 4. The lowest BCUT2D eigenvalue weighted by atomic mass is 9.96. The van der Waals surface area contributed by atoms with Crippen molar-refractivity contribution in [2.24, 2.45) is 5.84 Å². The maximum atomic E-state index is 15.3. The lowest BCUT2D eigenvalue weighted by Crippen LogP contribution is -2.62. The number of rotatable bonds is 3. The number of hydrazine groups is 1. The number of anilines is 1. The predicted molar refractivity (Wildman–Crippen MR) is 116 cm³/mol. The average molecular weight is 476 g/mol. The molecule has 0 spiro atoms. The van der Waals surface area contributed by atoms with E-state index in [9.17, 15) is 19.2 Å². The Morgan fingerprint density at radius 1 is 0.971 bits per heavy atom. The van der Waals surface area contributed by atoms with Gasteiger partial charge in [-0.1, -0.05) is 6.07 Å². The summed E-state index contributed by atoms with van der Waals surface area (Å²) in [5, 5.41) is 3.77. The largest absolute Gasteiger partial charge is 0.365 e. The fraction of sp³-hybridized carbons (Fsp3) is 0.545. The third-order valence-corrected chi connectivity index (χ3v) is 7.14. The van der Waals surface area contributed by atoms with Crippen LogP contribution in [0.4, 0.5) is 14.5 Å². The molecule has 0 aliphatic carbocycles. The van der Waals surface area contributed by atoms with Gasteiger partial charge in [0.05, 0.1) is 29.4 Å². The zero-order valence-corrected chi connectivity index (χ0v) is 18.5. The topological polar surface area (TPSA) is 119 Å². The molecule has 2 atom stereocenters. The first-order valence-electron chi connectivity index (χ1n) is 11.4. The molecule has 4 heterocycles. The second-order valence-electron chi connectivity index (χ2n) is 9.21. The van der Waals surface area contributed by atoms with Crippen LogP contribution in [0, 0.1) is 0 Å². The molecule has 3 N–H and O–H groups in total. The van der Waals surface area contributed by atoms with Crippen LogP contribution in [0.3, 0.4) is 0 Å². The van der Waals surface area contributed by atoms with Gasteiger partial charge in [0.25, 0.3) is 17.7 Å². The number of fused-ring (bicyclic) bond motifs is 1. The minimum Gasteiger partial charge on any atom is -0.365 e. The Morgan fingerprint density at radius 3 is 2.38 bits per heavy atom. The number of piperazine rings is 1. The first kappa shape index (κ1) is 22.8. The van der Waals surface area contributed by atoms with Crippen LogP contribution >= 0.6 is 0 Å². The number of piperidine rings is 2. The molecule has 3 fully saturated rings. The van der Waals surface area contributed by atoms with Crippen LogP contribution in [0.1, 0.15) is 40.0 Å². The molecule has 1 aromatic carbocycles. The van der Waals surface area contributed by atoms with Crippen molar-refractivity contribution in [3.63, 3.8) is 0 Å². The lowest BCUT2D eigenvalue weighted by molar-refractivity contribution is -0.136. The van der Waals surface area contributed by atoms with Crippen LogP contribution < -0.4 is 16.1 Å². The molecule has 2 unspecified atom stereocenters. The summed E-state index contributed by atoms with van der Waals surface area (Å²) in [4.78, 5) is 54.2. The van der Waals surface area contributed by atoms with E-state index in [0.29, 0.717) is 32.7 Å². The highest BCUT2D eigenvalue weighted by molar-refractivity contribution is 6.25. The highest BCUT2D eigenvalue weighted by atomic mass is 19.3. The standard InChI is InChI=1S/C22H26F2N6O4/c23-22(24)12-28(7-6-16(22)27-8-10-29(25)11-9-27)14-3-1-2-13-18(14)21(34)30(20(13)33)15-4-5-17(31)26-19(15)32/h1-3,15-16H,4-12,25H2,(H,26,31,32). The Morgan fingerprint density at radius 2 is 1.71 bits per heavy atom. The Labute approximate surface area is 194 Å². The summed E-state index contributed by atoms with van der Waals surface area (Å²) in [6, 6.07) is 2.54. The fourth-order valence-electron chi connectivity index (χ4n) is 5.39. The van der Waals surface area contributed by atoms with Crippen LogP contribution in [0.15, 0.2) is 18.2 Å². The number of amides is 4. The summed E-state index contributed by atoms with van der Waals surface area (Å²) in [6.07, 6.45) is 0.236. The molecule has 4 amide bonds. The van der Waals surface area contributed by atoms with Crippen LogP contribution in [-0.4, -0.2) is 95.7 Å². The molecule has 12 heteroatoms. The number of benzene rings is 1. The van der Waals surface area contributed by atoms with Gasteiger partial charge < -0.3 is 4.90 Å². The Balaban J connectivity index is 1.39. The van der Waals surface area contributed by atoms with E-state index in [2.05, 4.69) is 5.32 Å². The minimum atomic E-state index is -3.04. The van der Waals surface area contributed by atoms with E-state index >= 15 is 8.78 Å². The molecule has 4 aliphatic rings. The summed E-state index contributed by atoms with van der Waals surface area (Å²) < 4.78 is 30.6. The summed E-state index contributed by atoms with van der Waals surface area (Å²) in [5.74, 6) is 0.193. The quantitative estimate of drug-likeness (QED) is 0.455. The highest BCUT2D eigenvalue weighted by Gasteiger charge is 2.50. The van der Waals surface area contributed by atoms with Crippen molar-refractivity contribution in [2.45, 2.75) is 37.3 Å². The van der Waals surface area contributed by atoms with Gasteiger partial charge >= 0.3 is 0 Å². The number of hydrogen-bond acceptors (Lipinski definition) is 8. The van der Waals surface area contributed by atoms with Gasteiger partial charge in [-0.15, -0.1) is 0 Å². The molecule has 5 rings (SSSR count). The van der Waals surface area contributed by atoms with Crippen molar-refractivity contribution in [1.82, 2.24) is 20.1 Å². The molecule has 182 valence electrons. The Hall–Kier alpha value is -2.96. The number of nitrogens with one attached hydrogen (secondary N) is 1. The predicted octanol–water partition coefficient (Wildman–Crippen LogP) is -0.207. The number of carbonyl (C=O) groups is 4. The van der Waals surface area contributed by atoms with Crippen molar-refractivity contribution < 1.29 is 28.0 Å². The van der Waals surface area contributed by atoms with Crippen molar-refractivity contribution in [1.29, 1.82) is 0 Å². The Kier molecular flexibility index (Phi) is 5.61. The minimum absolute atomic E-state index is 0.00875. The molecular formula is C22H26F2N6O4. The van der Waals surface area contributed by atoms with Gasteiger partial charge in [-0.2, -0.15) is 0 Å². The zero-order valence-electron chi connectivity index (χ0n) is 18.5. The second-order valence-corrected chi connectivity index (χ2v) is 9.21. The van der Waals surface area contributed by atoms with Gasteiger partial charge in [0.2, 0.25) is 11.8 Å². The van der Waals surface area contributed by atoms with Gasteiger partial charge in [0.15, 0.2) is 0 Å². The monoisotopic (exact) mass is 476 g/mol. The van der Waals surface area contributed by atoms with E-state index in [1.165, 1.54) is 11.0 Å². The zero-order chi connectivity index (χ0) is 24.2. The first-order valence-corrected chi connectivity index (χ1v) is 11.4. The number of halogens is 2. The van der Waals surface area contributed by atoms with E-state index in [4.69, 9.17) is 5.84 Å². The first-order chi connectivity index (χ1) is 16.2. The van der Waals surface area contributed by atoms with E-state index in [0.717, 1.165) is 4.90 Å². The number of imide groups is 2. The van der Waals surface area contributed by atoms with Crippen molar-refractivity contribution >= 4 is 29.3 Å². The van der Waals surface area contributed by atoms with E-state index < -0.39 is 48.2 Å². The third kappa shape index (κ3) is 3.75. The summed E-state index contributed by atoms with van der Waals surface area (Å²) in [5.41, 5.74) is 0.371. The van der Waals surface area contributed by atoms with Crippen LogP contribution in [-0.2, 0) is 9.59 Å². The van der Waals surface area contributed by atoms with Crippen molar-refractivity contribution in [2.75, 3.05) is 44.2 Å². The van der Waals surface area contributed by atoms with Gasteiger partial charge in [-0.05, 0) is 25.0 Å². The van der Waals surface area contributed by atoms with E-state index in [1.807, 2.05) is 0 Å². The van der Waals surface area contributed by atoms with Crippen molar-refractivity contribution in [3.05, 3.63) is 29.3 Å². The summed E-state index contributed by atoms with van der Waals surface area (Å²) >= 11 is 0. The molecule has 10 nitrogen and oxygen atoms in total. The highest BCUT2D eigenvalue weighted by Crippen LogP contribution is 2.39. The van der Waals surface area contributed by atoms with E-state index in [1.54, 1.807) is 22.0 Å². The molecule has 3 saturated heterocycles. The number of hydrogen-bond donors (Lipinski definition) is 2. The maximum absolute atomic E-state index is 15.3. The molecular weight excluding hydrogens is 450 g/mol. The van der Waals surface area contributed by atoms with Crippen molar-refractivity contribution in [3.8, 4) is 0 Å². The smallest absolute Gasteiger partial charge is 0.280 e. The normalized spacial score (nSPS) is 28.3. The van der Waals surface area contributed by atoms with Gasteiger partial charge in [-0.3, -0.25) is 40.1 Å². The summed E-state index contributed by atoms with van der Waals surface area (Å²) in [6.45, 7) is 1.68. The van der Waals surface area contributed by atoms with Crippen LogP contribution in [0.25, 0.3) is 0 Å². The average Bonchev–Trinajstić information content (AvgIpc) is 3.04. The number of alkyl halides is 2.